The van der Waals surface area contributed by atoms with Crippen LogP contribution in [-0.4, -0.2) is 43.0 Å². The number of hydrogen-bond donors (Lipinski definition) is 2. The molecule has 0 saturated carbocycles. The third-order valence-electron chi connectivity index (χ3n) is 6.10. The minimum Gasteiger partial charge on any atom is -0.491 e. The minimum absolute atomic E-state index is 0.0598. The number of anilines is 2. The second kappa shape index (κ2) is 12.6. The highest BCUT2D eigenvalue weighted by atomic mass is 16.5. The monoisotopic (exact) mass is 471 g/mol. The Balaban J connectivity index is 1.23. The van der Waals surface area contributed by atoms with E-state index >= 15 is 0 Å². The van der Waals surface area contributed by atoms with Crippen LogP contribution in [0.25, 0.3) is 0 Å². The summed E-state index contributed by atoms with van der Waals surface area (Å²) in [6.07, 6.45) is 5.19. The molecule has 0 unspecified atom stereocenters. The predicted octanol–water partition coefficient (Wildman–Crippen LogP) is 5.37. The Labute approximate surface area is 207 Å². The average Bonchev–Trinajstić information content (AvgIpc) is 2.91. The fraction of sp³-hybridized carbons (Fsp3) is 0.310. The number of nitrogens with one attached hydrogen (secondary N) is 2. The van der Waals surface area contributed by atoms with Gasteiger partial charge in [0.2, 0.25) is 5.91 Å². The molecule has 1 aliphatic heterocycles. The van der Waals surface area contributed by atoms with Crippen molar-refractivity contribution in [1.29, 1.82) is 0 Å². The number of amides is 2. The van der Waals surface area contributed by atoms with Crippen LogP contribution in [0.4, 0.5) is 11.4 Å². The molecule has 0 bridgehead atoms. The van der Waals surface area contributed by atoms with E-state index in [0.717, 1.165) is 50.2 Å². The van der Waals surface area contributed by atoms with Crippen LogP contribution in [0.1, 0.15) is 41.6 Å². The quantitative estimate of drug-likeness (QED) is 0.390. The number of likely N-dealkylation sites (tertiary alicyclic amines) is 1. The summed E-state index contributed by atoms with van der Waals surface area (Å²) in [5.41, 5.74) is 3.40. The van der Waals surface area contributed by atoms with Gasteiger partial charge in [-0.2, -0.15) is 0 Å². The van der Waals surface area contributed by atoms with Gasteiger partial charge in [0.25, 0.3) is 5.91 Å². The molecule has 3 aromatic carbocycles. The van der Waals surface area contributed by atoms with Crippen molar-refractivity contribution in [2.24, 2.45) is 0 Å². The molecule has 1 fully saturated rings. The van der Waals surface area contributed by atoms with E-state index in [1.807, 2.05) is 47.4 Å². The number of benzene rings is 3. The van der Waals surface area contributed by atoms with Crippen LogP contribution in [0.15, 0.2) is 78.9 Å². The first kappa shape index (κ1) is 24.3. The lowest BCUT2D eigenvalue weighted by Gasteiger charge is -2.26. The van der Waals surface area contributed by atoms with Gasteiger partial charge in [0.15, 0.2) is 0 Å². The van der Waals surface area contributed by atoms with Crippen LogP contribution in [0.3, 0.4) is 0 Å². The second-order valence-corrected chi connectivity index (χ2v) is 8.77. The highest BCUT2D eigenvalue weighted by molar-refractivity contribution is 5.96. The molecule has 0 atom stereocenters. The van der Waals surface area contributed by atoms with Crippen LogP contribution in [-0.2, 0) is 11.2 Å². The van der Waals surface area contributed by atoms with Gasteiger partial charge < -0.3 is 20.3 Å². The third kappa shape index (κ3) is 7.34. The Morgan fingerprint density at radius 2 is 1.54 bits per heavy atom. The van der Waals surface area contributed by atoms with Crippen molar-refractivity contribution in [3.05, 3.63) is 90.0 Å². The number of para-hydroxylation sites is 2. The molecular formula is C29H33N3O3. The van der Waals surface area contributed by atoms with E-state index in [9.17, 15) is 9.59 Å². The molecule has 4 rings (SSSR count). The molecular weight excluding hydrogens is 438 g/mol. The molecule has 0 spiro atoms. The lowest BCUT2D eigenvalue weighted by atomic mass is 10.1. The highest BCUT2D eigenvalue weighted by Crippen LogP contribution is 2.24. The molecule has 182 valence electrons. The molecule has 0 aromatic heterocycles. The fourth-order valence-electron chi connectivity index (χ4n) is 4.20. The molecule has 35 heavy (non-hydrogen) atoms. The van der Waals surface area contributed by atoms with Gasteiger partial charge in [-0.3, -0.25) is 9.59 Å². The number of ether oxygens (including phenoxy) is 1. The van der Waals surface area contributed by atoms with Crippen molar-refractivity contribution in [1.82, 2.24) is 4.90 Å². The summed E-state index contributed by atoms with van der Waals surface area (Å²) in [5.74, 6) is 0.623. The summed E-state index contributed by atoms with van der Waals surface area (Å²) in [5, 5.41) is 6.05. The SMILES string of the molecule is O=C(CNc1ccccc1OCCCc1ccccc1)Nc1ccc(C(=O)N2CCCCC2)cc1. The van der Waals surface area contributed by atoms with Crippen LogP contribution >= 0.6 is 0 Å². The molecule has 1 heterocycles. The molecule has 2 amide bonds. The number of hydrogen-bond acceptors (Lipinski definition) is 4. The molecule has 0 aliphatic carbocycles. The summed E-state index contributed by atoms with van der Waals surface area (Å²) < 4.78 is 5.96. The third-order valence-corrected chi connectivity index (χ3v) is 6.10. The van der Waals surface area contributed by atoms with Gasteiger partial charge in [-0.05, 0) is 74.1 Å². The van der Waals surface area contributed by atoms with Crippen molar-refractivity contribution in [3.63, 3.8) is 0 Å². The summed E-state index contributed by atoms with van der Waals surface area (Å²) >= 11 is 0. The Kier molecular flexibility index (Phi) is 8.76. The van der Waals surface area contributed by atoms with E-state index in [2.05, 4.69) is 22.8 Å². The van der Waals surface area contributed by atoms with Crippen LogP contribution in [0.2, 0.25) is 0 Å². The van der Waals surface area contributed by atoms with E-state index < -0.39 is 0 Å². The highest BCUT2D eigenvalue weighted by Gasteiger charge is 2.18. The summed E-state index contributed by atoms with van der Waals surface area (Å²) in [6, 6.07) is 25.1. The smallest absolute Gasteiger partial charge is 0.253 e. The maximum atomic E-state index is 12.6. The largest absolute Gasteiger partial charge is 0.491 e. The van der Waals surface area contributed by atoms with Crippen LogP contribution in [0.5, 0.6) is 5.75 Å². The van der Waals surface area contributed by atoms with Gasteiger partial charge in [0.1, 0.15) is 5.75 Å². The standard InChI is InChI=1S/C29H33N3O3/c33-28(31-25-17-15-24(16-18-25)29(34)32-19-7-2-8-20-32)22-30-26-13-5-6-14-27(26)35-21-9-12-23-10-3-1-4-11-23/h1,3-6,10-11,13-18,30H,2,7-9,12,19-22H2,(H,31,33). The molecule has 3 aromatic rings. The lowest BCUT2D eigenvalue weighted by Crippen LogP contribution is -2.35. The van der Waals surface area contributed by atoms with Gasteiger partial charge in [0.05, 0.1) is 18.8 Å². The molecule has 1 saturated heterocycles. The van der Waals surface area contributed by atoms with E-state index in [1.54, 1.807) is 24.3 Å². The number of carbonyl (C=O) groups is 2. The van der Waals surface area contributed by atoms with Crippen molar-refractivity contribution >= 4 is 23.2 Å². The number of aryl methyl sites for hydroxylation is 1. The van der Waals surface area contributed by atoms with Crippen molar-refractivity contribution < 1.29 is 14.3 Å². The van der Waals surface area contributed by atoms with Crippen molar-refractivity contribution in [3.8, 4) is 5.75 Å². The summed E-state index contributed by atoms with van der Waals surface area (Å²) in [4.78, 5) is 27.0. The van der Waals surface area contributed by atoms with Crippen molar-refractivity contribution in [2.75, 3.05) is 36.9 Å². The van der Waals surface area contributed by atoms with E-state index in [1.165, 1.54) is 12.0 Å². The van der Waals surface area contributed by atoms with E-state index in [-0.39, 0.29) is 18.4 Å². The number of rotatable bonds is 10. The first-order valence-corrected chi connectivity index (χ1v) is 12.4. The first-order valence-electron chi connectivity index (χ1n) is 12.4. The normalized spacial score (nSPS) is 13.2. The van der Waals surface area contributed by atoms with Gasteiger partial charge in [-0.1, -0.05) is 42.5 Å². The van der Waals surface area contributed by atoms with E-state index in [4.69, 9.17) is 4.74 Å². The van der Waals surface area contributed by atoms with E-state index in [0.29, 0.717) is 17.9 Å². The zero-order valence-electron chi connectivity index (χ0n) is 20.0. The molecule has 0 radical (unpaired) electrons. The summed E-state index contributed by atoms with van der Waals surface area (Å²) in [7, 11) is 0. The van der Waals surface area contributed by atoms with Gasteiger partial charge in [-0.25, -0.2) is 0 Å². The lowest BCUT2D eigenvalue weighted by molar-refractivity contribution is -0.114. The Bertz CT molecular complexity index is 1090. The van der Waals surface area contributed by atoms with Gasteiger partial charge >= 0.3 is 0 Å². The van der Waals surface area contributed by atoms with Crippen molar-refractivity contribution in [2.45, 2.75) is 32.1 Å². The van der Waals surface area contributed by atoms with Gasteiger partial charge in [0, 0.05) is 24.3 Å². The fourth-order valence-corrected chi connectivity index (χ4v) is 4.20. The zero-order valence-corrected chi connectivity index (χ0v) is 20.0. The Morgan fingerprint density at radius 1 is 0.829 bits per heavy atom. The minimum atomic E-state index is -0.168. The Morgan fingerprint density at radius 3 is 2.31 bits per heavy atom. The average molecular weight is 472 g/mol. The second-order valence-electron chi connectivity index (χ2n) is 8.77. The van der Waals surface area contributed by atoms with Gasteiger partial charge in [-0.15, -0.1) is 0 Å². The maximum absolute atomic E-state index is 12.6. The summed E-state index contributed by atoms with van der Waals surface area (Å²) in [6.45, 7) is 2.35. The predicted molar refractivity (Wildman–Crippen MR) is 140 cm³/mol. The molecule has 1 aliphatic rings. The van der Waals surface area contributed by atoms with Crippen LogP contribution in [0, 0.1) is 0 Å². The number of carbonyl (C=O) groups excluding carboxylic acids is 2. The molecule has 2 N–H and O–H groups in total. The zero-order chi connectivity index (χ0) is 24.3. The number of nitrogens with zero attached hydrogens (tertiary/aromatic N) is 1. The first-order chi connectivity index (χ1) is 17.2. The Hall–Kier alpha value is -3.80. The number of piperidine rings is 1. The molecule has 6 nitrogen and oxygen atoms in total. The maximum Gasteiger partial charge on any atom is 0.253 e. The molecule has 6 heteroatoms. The van der Waals surface area contributed by atoms with Crippen LogP contribution < -0.4 is 15.4 Å². The topological polar surface area (TPSA) is 70.7 Å².